The molecule has 0 aromatic carbocycles. The lowest BCUT2D eigenvalue weighted by atomic mass is 9.96. The molecule has 0 atom stereocenters. The van der Waals surface area contributed by atoms with Gasteiger partial charge >= 0.3 is 0 Å². The standard InChI is InChI=1S/C23H50N.C2H6O3S/c1-7-9-10-11-12-13-14-15-16-17-18-19-20-21-22-24(5,6)23(3,4)8-2;1-2-6(3,4)5/h7-22H2,1-6H3;2H2,1H3,(H,3,4,5)/q+1;. The van der Waals surface area contributed by atoms with E-state index in [9.17, 15) is 8.42 Å². The van der Waals surface area contributed by atoms with Crippen LogP contribution in [-0.4, -0.2) is 49.4 Å². The first-order chi connectivity index (χ1) is 13.9. The van der Waals surface area contributed by atoms with Crippen molar-refractivity contribution in [3.63, 3.8) is 0 Å². The highest BCUT2D eigenvalue weighted by Crippen LogP contribution is 2.24. The van der Waals surface area contributed by atoms with Crippen molar-refractivity contribution < 1.29 is 17.5 Å². The van der Waals surface area contributed by atoms with E-state index in [1.807, 2.05) is 0 Å². The van der Waals surface area contributed by atoms with Gasteiger partial charge in [0.1, 0.15) is 0 Å². The van der Waals surface area contributed by atoms with Gasteiger partial charge in [-0.25, -0.2) is 0 Å². The monoisotopic (exact) mass is 450 g/mol. The summed E-state index contributed by atoms with van der Waals surface area (Å²) in [6, 6.07) is 0. The van der Waals surface area contributed by atoms with Crippen LogP contribution in [0.1, 0.15) is 131 Å². The maximum atomic E-state index is 9.56. The van der Waals surface area contributed by atoms with E-state index >= 15 is 0 Å². The van der Waals surface area contributed by atoms with Gasteiger partial charge in [-0.2, -0.15) is 8.42 Å². The number of hydrogen-bond acceptors (Lipinski definition) is 2. The predicted octanol–water partition coefficient (Wildman–Crippen LogP) is 7.63. The van der Waals surface area contributed by atoms with E-state index in [1.165, 1.54) is 114 Å². The summed E-state index contributed by atoms with van der Waals surface area (Å²) in [5.74, 6) is -0.201. The van der Waals surface area contributed by atoms with Gasteiger partial charge in [-0.15, -0.1) is 0 Å². The quantitative estimate of drug-likeness (QED) is 0.133. The van der Waals surface area contributed by atoms with Crippen LogP contribution in [0.25, 0.3) is 0 Å². The molecule has 4 nitrogen and oxygen atoms in total. The van der Waals surface area contributed by atoms with Crippen molar-refractivity contribution in [1.82, 2.24) is 0 Å². The first-order valence-corrected chi connectivity index (χ1v) is 14.3. The Labute approximate surface area is 190 Å². The molecule has 30 heavy (non-hydrogen) atoms. The summed E-state index contributed by atoms with van der Waals surface area (Å²) in [7, 11) is 1.15. The smallest absolute Gasteiger partial charge is 0.264 e. The van der Waals surface area contributed by atoms with Gasteiger partial charge in [0.15, 0.2) is 0 Å². The van der Waals surface area contributed by atoms with Crippen LogP contribution < -0.4 is 0 Å². The van der Waals surface area contributed by atoms with Crippen LogP contribution in [0.2, 0.25) is 0 Å². The third kappa shape index (κ3) is 19.8. The summed E-state index contributed by atoms with van der Waals surface area (Å²) in [6.07, 6.45) is 21.6. The van der Waals surface area contributed by atoms with Gasteiger partial charge in [0.05, 0.1) is 31.9 Å². The zero-order chi connectivity index (χ0) is 23.5. The number of quaternary nitrogens is 1. The second-order valence-corrected chi connectivity index (χ2v) is 11.8. The lowest BCUT2D eigenvalue weighted by molar-refractivity contribution is -0.938. The first kappa shape index (κ1) is 32.1. The van der Waals surface area contributed by atoms with Crippen molar-refractivity contribution in [2.75, 3.05) is 26.4 Å². The van der Waals surface area contributed by atoms with Crippen LogP contribution in [0.5, 0.6) is 0 Å². The zero-order valence-corrected chi connectivity index (χ0v) is 22.5. The minimum atomic E-state index is -3.66. The van der Waals surface area contributed by atoms with Gasteiger partial charge in [-0.05, 0) is 40.0 Å². The predicted molar refractivity (Wildman–Crippen MR) is 134 cm³/mol. The number of unbranched alkanes of at least 4 members (excludes halogenated alkanes) is 13. The Balaban J connectivity index is 0. The Morgan fingerprint density at radius 1 is 0.667 bits per heavy atom. The Morgan fingerprint density at radius 3 is 1.23 bits per heavy atom. The molecule has 184 valence electrons. The van der Waals surface area contributed by atoms with Crippen molar-refractivity contribution in [2.24, 2.45) is 0 Å². The largest absolute Gasteiger partial charge is 0.324 e. The van der Waals surface area contributed by atoms with Crippen LogP contribution in [0.4, 0.5) is 0 Å². The average Bonchev–Trinajstić information content (AvgIpc) is 2.68. The van der Waals surface area contributed by atoms with Crippen LogP contribution in [-0.2, 0) is 10.1 Å². The van der Waals surface area contributed by atoms with E-state index in [-0.39, 0.29) is 5.75 Å². The van der Waals surface area contributed by atoms with Crippen molar-refractivity contribution >= 4 is 10.1 Å². The fraction of sp³-hybridized carbons (Fsp3) is 1.00. The molecule has 0 rings (SSSR count). The lowest BCUT2D eigenvalue weighted by Gasteiger charge is -2.44. The highest BCUT2D eigenvalue weighted by Gasteiger charge is 2.33. The van der Waals surface area contributed by atoms with Crippen LogP contribution in [0.3, 0.4) is 0 Å². The van der Waals surface area contributed by atoms with Crippen molar-refractivity contribution in [3.8, 4) is 0 Å². The third-order valence-electron chi connectivity index (χ3n) is 6.94. The maximum Gasteiger partial charge on any atom is 0.264 e. The maximum absolute atomic E-state index is 9.56. The lowest BCUT2D eigenvalue weighted by Crippen LogP contribution is -2.56. The first-order valence-electron chi connectivity index (χ1n) is 12.7. The summed E-state index contributed by atoms with van der Waals surface area (Å²) in [6.45, 7) is 12.2. The van der Waals surface area contributed by atoms with Crippen LogP contribution in [0.15, 0.2) is 0 Å². The fourth-order valence-electron chi connectivity index (χ4n) is 3.43. The number of hydrogen-bond donors (Lipinski definition) is 1. The molecule has 0 unspecified atom stereocenters. The van der Waals surface area contributed by atoms with Crippen LogP contribution >= 0.6 is 0 Å². The minimum absolute atomic E-state index is 0.201. The highest BCUT2D eigenvalue weighted by atomic mass is 32.2. The topological polar surface area (TPSA) is 54.4 Å². The molecule has 0 radical (unpaired) electrons. The Morgan fingerprint density at radius 2 is 0.967 bits per heavy atom. The van der Waals surface area contributed by atoms with E-state index in [4.69, 9.17) is 4.55 Å². The number of rotatable bonds is 18. The van der Waals surface area contributed by atoms with Gasteiger partial charge in [0, 0.05) is 0 Å². The zero-order valence-electron chi connectivity index (χ0n) is 21.6. The number of nitrogens with zero attached hydrogens (tertiary/aromatic N) is 1. The molecule has 1 N–H and O–H groups in total. The highest BCUT2D eigenvalue weighted by molar-refractivity contribution is 7.85. The molecule has 0 aliphatic carbocycles. The Bertz CT molecular complexity index is 473. The molecule has 0 saturated carbocycles. The minimum Gasteiger partial charge on any atom is -0.324 e. The molecule has 0 heterocycles. The van der Waals surface area contributed by atoms with E-state index in [2.05, 4.69) is 41.8 Å². The van der Waals surface area contributed by atoms with Crippen LogP contribution in [0, 0.1) is 0 Å². The molecule has 0 bridgehead atoms. The third-order valence-corrected chi connectivity index (χ3v) is 7.67. The molecule has 0 fully saturated rings. The summed E-state index contributed by atoms with van der Waals surface area (Å²) in [4.78, 5) is 0. The molecule has 0 aliphatic heterocycles. The molecule has 0 spiro atoms. The van der Waals surface area contributed by atoms with Gasteiger partial charge in [0.2, 0.25) is 0 Å². The molecule has 0 saturated heterocycles. The molecule has 0 amide bonds. The molecule has 5 heteroatoms. The van der Waals surface area contributed by atoms with E-state index < -0.39 is 10.1 Å². The van der Waals surface area contributed by atoms with Gasteiger partial charge < -0.3 is 4.48 Å². The van der Waals surface area contributed by atoms with E-state index in [0.29, 0.717) is 5.54 Å². The molecular weight excluding hydrogens is 394 g/mol. The van der Waals surface area contributed by atoms with Gasteiger partial charge in [-0.1, -0.05) is 90.9 Å². The fourth-order valence-corrected chi connectivity index (χ4v) is 3.43. The second-order valence-electron chi connectivity index (χ2n) is 10.0. The normalized spacial score (nSPS) is 12.5. The Hall–Kier alpha value is -0.130. The molecule has 0 aromatic heterocycles. The molecule has 0 aliphatic rings. The van der Waals surface area contributed by atoms with Gasteiger partial charge in [0.25, 0.3) is 10.1 Å². The summed E-state index contributed by atoms with van der Waals surface area (Å²) in [5.41, 5.74) is 0.413. The van der Waals surface area contributed by atoms with E-state index in [1.54, 1.807) is 0 Å². The SMILES string of the molecule is CCCCCCCCCCCCCCCC[N+](C)(C)C(C)(C)CC.CCS(=O)(=O)O. The summed E-state index contributed by atoms with van der Waals surface area (Å²) >= 11 is 0. The Kier molecular flexibility index (Phi) is 19.7. The summed E-state index contributed by atoms with van der Waals surface area (Å²) in [5, 5.41) is 0. The van der Waals surface area contributed by atoms with Gasteiger partial charge in [-0.3, -0.25) is 4.55 Å². The van der Waals surface area contributed by atoms with Crippen molar-refractivity contribution in [2.45, 2.75) is 136 Å². The molecular formula is C25H56NO3S+. The second kappa shape index (κ2) is 18.4. The van der Waals surface area contributed by atoms with Crippen molar-refractivity contribution in [3.05, 3.63) is 0 Å². The molecule has 0 aromatic rings. The van der Waals surface area contributed by atoms with Crippen molar-refractivity contribution in [1.29, 1.82) is 0 Å². The van der Waals surface area contributed by atoms with E-state index in [0.717, 1.165) is 0 Å². The summed E-state index contributed by atoms with van der Waals surface area (Å²) < 4.78 is 28.1. The average molecular weight is 451 g/mol.